The van der Waals surface area contributed by atoms with Gasteiger partial charge in [0.25, 0.3) is 12.0 Å². The lowest BCUT2D eigenvalue weighted by molar-refractivity contribution is -0.107. The summed E-state index contributed by atoms with van der Waals surface area (Å²) in [5, 5.41) is 10.3. The summed E-state index contributed by atoms with van der Waals surface area (Å²) in [6.45, 7) is -4.52. The van der Waals surface area contributed by atoms with Crippen LogP contribution in [0.15, 0.2) is 193 Å². The lowest BCUT2D eigenvalue weighted by Crippen LogP contribution is -2.38. The first-order chi connectivity index (χ1) is 25.8. The second-order valence-electron chi connectivity index (χ2n) is 12.2. The van der Waals surface area contributed by atoms with Crippen molar-refractivity contribution in [3.05, 3.63) is 226 Å². The molecule has 3 N–H and O–H groups in total. The van der Waals surface area contributed by atoms with Gasteiger partial charge in [0.15, 0.2) is 10.8 Å². The lowest BCUT2D eigenvalue weighted by atomic mass is 9.77. The number of thiazole rings is 1. The average Bonchev–Trinajstić information content (AvgIpc) is 3.68. The predicted octanol–water partition coefficient (Wildman–Crippen LogP) is 9.08. The zero-order valence-corrected chi connectivity index (χ0v) is 30.8. The molecular weight excluding hydrogens is 718 g/mol. The third kappa shape index (κ3) is 7.26. The maximum absolute atomic E-state index is 13.8. The van der Waals surface area contributed by atoms with E-state index in [1.807, 2.05) is 146 Å². The van der Waals surface area contributed by atoms with Crippen molar-refractivity contribution in [3.8, 4) is 0 Å². The Morgan fingerprint density at radius 2 is 0.943 bits per heavy atom. The fraction of sp³-hybridized carbons (Fsp3) is 0.0465. The molecule has 7 rings (SSSR count). The molecule has 1 heterocycles. The van der Waals surface area contributed by atoms with E-state index in [0.29, 0.717) is 5.13 Å². The van der Waals surface area contributed by atoms with Crippen LogP contribution in [0.5, 0.6) is 0 Å². The van der Waals surface area contributed by atoms with Crippen molar-refractivity contribution in [2.45, 2.75) is 11.1 Å². The molecule has 7 aromatic rings. The monoisotopic (exact) mass is 751 g/mol. The van der Waals surface area contributed by atoms with Gasteiger partial charge in [0.2, 0.25) is 5.60 Å². The normalized spacial score (nSPS) is 12.2. The van der Waals surface area contributed by atoms with Crippen LogP contribution in [0.3, 0.4) is 0 Å². The van der Waals surface area contributed by atoms with Crippen LogP contribution >= 0.6 is 17.8 Å². The summed E-state index contributed by atoms with van der Waals surface area (Å²) in [7, 11) is 0. The standard InChI is InChI=1S/C43H34N3O4PS2/c47-40(51(48,49)52)39(46-50-43(35-25-13-4-14-26-35,36-27-15-5-16-28-36)37-29-17-6-18-30-37)38-31-53-41(44-38)45-42(32-19-7-1-8-20-32,33-21-9-2-10-22-33)34-23-11-3-12-24-34/h1-31H,(H,44,45)(H2,48,49,52). The maximum Gasteiger partial charge on any atom is 0.269 e. The number of benzene rings is 6. The maximum atomic E-state index is 13.8. The first kappa shape index (κ1) is 35.8. The molecule has 0 unspecified atom stereocenters. The largest absolute Gasteiger partial charge is 0.374 e. The number of hydrogen-bond acceptors (Lipinski definition) is 7. The molecule has 0 saturated heterocycles. The van der Waals surface area contributed by atoms with Gasteiger partial charge in [0.1, 0.15) is 11.2 Å². The van der Waals surface area contributed by atoms with E-state index in [1.54, 1.807) is 5.38 Å². The Morgan fingerprint density at radius 1 is 0.604 bits per heavy atom. The van der Waals surface area contributed by atoms with Gasteiger partial charge in [-0.05, 0) is 28.5 Å². The first-order valence-corrected chi connectivity index (χ1v) is 20.3. The van der Waals surface area contributed by atoms with Gasteiger partial charge >= 0.3 is 0 Å². The van der Waals surface area contributed by atoms with Gasteiger partial charge < -0.3 is 19.9 Å². The molecule has 0 bridgehead atoms. The van der Waals surface area contributed by atoms with Gasteiger partial charge in [-0.15, -0.1) is 11.3 Å². The number of nitrogens with one attached hydrogen (secondary N) is 1. The quantitative estimate of drug-likeness (QED) is 0.0468. The molecule has 1 aromatic heterocycles. The molecule has 0 fully saturated rings. The molecule has 6 aromatic carbocycles. The molecule has 0 aliphatic heterocycles. The van der Waals surface area contributed by atoms with E-state index in [9.17, 15) is 14.6 Å². The average molecular weight is 752 g/mol. The zero-order chi connectivity index (χ0) is 36.7. The van der Waals surface area contributed by atoms with Crippen LogP contribution < -0.4 is 5.32 Å². The Labute approximate surface area is 317 Å². The van der Waals surface area contributed by atoms with Crippen molar-refractivity contribution >= 4 is 46.0 Å². The van der Waals surface area contributed by atoms with Crippen LogP contribution in [0.4, 0.5) is 5.13 Å². The van der Waals surface area contributed by atoms with Crippen molar-refractivity contribution in [2.75, 3.05) is 5.32 Å². The van der Waals surface area contributed by atoms with Crippen molar-refractivity contribution in [1.82, 2.24) is 4.98 Å². The second kappa shape index (κ2) is 15.6. The van der Waals surface area contributed by atoms with Crippen molar-refractivity contribution in [1.29, 1.82) is 0 Å². The number of oxime groups is 1. The van der Waals surface area contributed by atoms with E-state index < -0.39 is 28.9 Å². The van der Waals surface area contributed by atoms with Gasteiger partial charge in [-0.2, -0.15) is 0 Å². The highest BCUT2D eigenvalue weighted by atomic mass is 32.5. The summed E-state index contributed by atoms with van der Waals surface area (Å²) in [5.41, 5.74) is 1.37. The van der Waals surface area contributed by atoms with Crippen molar-refractivity contribution < 1.29 is 19.4 Å². The molecule has 0 saturated carbocycles. The number of rotatable bonds is 13. The Kier molecular flexibility index (Phi) is 10.5. The summed E-state index contributed by atoms with van der Waals surface area (Å²) < 4.78 is 0. The topological polar surface area (TPSA) is 104 Å². The van der Waals surface area contributed by atoms with Crippen LogP contribution in [-0.2, 0) is 32.6 Å². The van der Waals surface area contributed by atoms with E-state index in [-0.39, 0.29) is 5.69 Å². The molecule has 53 heavy (non-hydrogen) atoms. The summed E-state index contributed by atoms with van der Waals surface area (Å²) in [6.07, 6.45) is 0. The Morgan fingerprint density at radius 3 is 1.28 bits per heavy atom. The Bertz CT molecular complexity index is 2160. The number of anilines is 1. The minimum atomic E-state index is -4.52. The molecule has 0 aliphatic carbocycles. The molecule has 262 valence electrons. The predicted molar refractivity (Wildman–Crippen MR) is 216 cm³/mol. The van der Waals surface area contributed by atoms with Crippen molar-refractivity contribution in [3.63, 3.8) is 0 Å². The smallest absolute Gasteiger partial charge is 0.269 e. The highest BCUT2D eigenvalue weighted by Gasteiger charge is 2.41. The van der Waals surface area contributed by atoms with Crippen LogP contribution in [0, 0.1) is 0 Å². The number of aromatic nitrogens is 1. The third-order valence-corrected chi connectivity index (χ3v) is 10.9. The van der Waals surface area contributed by atoms with Crippen molar-refractivity contribution in [2.24, 2.45) is 5.16 Å². The minimum Gasteiger partial charge on any atom is -0.374 e. The van der Waals surface area contributed by atoms with E-state index in [0.717, 1.165) is 33.4 Å². The highest BCUT2D eigenvalue weighted by molar-refractivity contribution is 8.17. The molecule has 10 heteroatoms. The van der Waals surface area contributed by atoms with E-state index in [2.05, 4.69) is 46.9 Å². The van der Waals surface area contributed by atoms with Gasteiger partial charge in [-0.1, -0.05) is 187 Å². The molecule has 7 nitrogen and oxygen atoms in total. The first-order valence-electron chi connectivity index (χ1n) is 16.8. The molecule has 0 spiro atoms. The fourth-order valence-electron chi connectivity index (χ4n) is 6.51. The third-order valence-electron chi connectivity index (χ3n) is 8.94. The van der Waals surface area contributed by atoms with Gasteiger partial charge in [-0.3, -0.25) is 4.79 Å². The number of nitrogens with zero attached hydrogens (tertiary/aromatic N) is 2. The zero-order valence-electron chi connectivity index (χ0n) is 28.3. The summed E-state index contributed by atoms with van der Waals surface area (Å²) in [4.78, 5) is 46.5. The minimum absolute atomic E-state index is 0.0750. The van der Waals surface area contributed by atoms with Gasteiger partial charge in [0, 0.05) is 22.1 Å². The summed E-state index contributed by atoms with van der Waals surface area (Å²) in [6, 6.07) is 58.7. The van der Waals surface area contributed by atoms with Crippen LogP contribution in [0.25, 0.3) is 0 Å². The molecule has 0 atom stereocenters. The Hall–Kier alpha value is -5.54. The summed E-state index contributed by atoms with van der Waals surface area (Å²) >= 11 is 6.20. The highest BCUT2D eigenvalue weighted by Crippen LogP contribution is 2.44. The van der Waals surface area contributed by atoms with Crippen LogP contribution in [0.2, 0.25) is 0 Å². The van der Waals surface area contributed by atoms with Gasteiger partial charge in [-0.25, -0.2) is 4.98 Å². The Balaban J connectivity index is 1.39. The van der Waals surface area contributed by atoms with Crippen LogP contribution in [0.1, 0.15) is 39.1 Å². The molecule has 0 aliphatic rings. The fourth-order valence-corrected chi connectivity index (χ4v) is 7.95. The van der Waals surface area contributed by atoms with E-state index in [1.165, 1.54) is 11.3 Å². The SMILES string of the molecule is O=C(C(=NOC(c1ccccc1)(c1ccccc1)c1ccccc1)c1csc(NC(c2ccccc2)(c2ccccc2)c2ccccc2)n1)P(O)(O)=S. The molecular formula is C43H34N3O4PS2. The second-order valence-corrected chi connectivity index (χ2v) is 16.1. The number of carbonyl (C=O) groups excluding carboxylic acids is 1. The lowest BCUT2D eigenvalue weighted by Gasteiger charge is -2.36. The van der Waals surface area contributed by atoms with Crippen LogP contribution in [-0.4, -0.2) is 26.0 Å². The van der Waals surface area contributed by atoms with Gasteiger partial charge in [0.05, 0.1) is 0 Å². The molecule has 0 amide bonds. The summed E-state index contributed by atoms with van der Waals surface area (Å²) in [5.74, 6) is 0. The van der Waals surface area contributed by atoms with E-state index >= 15 is 0 Å². The number of hydrogen-bond donors (Lipinski definition) is 3. The number of carbonyl (C=O) groups is 1. The molecule has 0 radical (unpaired) electrons. The van der Waals surface area contributed by atoms with E-state index in [4.69, 9.17) is 21.6 Å².